The van der Waals surface area contributed by atoms with Gasteiger partial charge >= 0.3 is 0 Å². The highest BCUT2D eigenvalue weighted by atomic mass is 35.5. The normalized spacial score (nSPS) is 21.5. The molecule has 0 spiro atoms. The van der Waals surface area contributed by atoms with Crippen molar-refractivity contribution in [1.29, 1.82) is 0 Å². The highest BCUT2D eigenvalue weighted by Crippen LogP contribution is 2.23. The molecule has 2 aliphatic rings. The number of nitrogens with zero attached hydrogens (tertiary/aromatic N) is 2. The number of carbonyl (C=O) groups is 1. The molecule has 1 N–H and O–H groups in total. The van der Waals surface area contributed by atoms with E-state index in [1.807, 2.05) is 11.9 Å². The molecule has 1 amide bonds. The standard InChI is InChI=1S/C19H29N3O3S.ClH/c1-20-14-16-7-6-10-21(15-16)19(23)17-8-5-9-18(13-17)26(24,25)22-11-3-2-4-12-22;/h5,8-9,13,16,20H,2-4,6-7,10-12,14-15H2,1H3;1H. The second-order valence-corrected chi connectivity index (χ2v) is 9.25. The first-order valence-corrected chi connectivity index (χ1v) is 11.0. The number of halogens is 1. The van der Waals surface area contributed by atoms with Gasteiger partial charge in [-0.2, -0.15) is 4.31 Å². The molecule has 0 aliphatic carbocycles. The van der Waals surface area contributed by atoms with E-state index in [0.29, 0.717) is 24.6 Å². The molecule has 3 rings (SSSR count). The van der Waals surface area contributed by atoms with Crippen LogP contribution in [0, 0.1) is 5.92 Å². The third kappa shape index (κ3) is 5.22. The van der Waals surface area contributed by atoms with Crippen LogP contribution < -0.4 is 5.32 Å². The van der Waals surface area contributed by atoms with Crippen LogP contribution in [0.15, 0.2) is 29.2 Å². The Hall–Kier alpha value is -1.15. The van der Waals surface area contributed by atoms with E-state index in [0.717, 1.165) is 51.7 Å². The molecule has 0 bridgehead atoms. The zero-order valence-corrected chi connectivity index (χ0v) is 17.5. The Balaban J connectivity index is 0.00000261. The quantitative estimate of drug-likeness (QED) is 0.801. The Morgan fingerprint density at radius 3 is 2.59 bits per heavy atom. The van der Waals surface area contributed by atoms with Crippen molar-refractivity contribution in [3.05, 3.63) is 29.8 Å². The zero-order chi connectivity index (χ0) is 18.6. The highest BCUT2D eigenvalue weighted by molar-refractivity contribution is 7.89. The number of hydrogen-bond donors (Lipinski definition) is 1. The molecule has 0 radical (unpaired) electrons. The molecule has 1 aromatic carbocycles. The number of nitrogens with one attached hydrogen (secondary N) is 1. The maximum atomic E-state index is 12.9. The number of hydrogen-bond acceptors (Lipinski definition) is 4. The lowest BCUT2D eigenvalue weighted by atomic mass is 9.97. The molecule has 2 fully saturated rings. The number of sulfonamides is 1. The minimum absolute atomic E-state index is 0. The van der Waals surface area contributed by atoms with Crippen LogP contribution in [-0.4, -0.2) is 63.3 Å². The summed E-state index contributed by atoms with van der Waals surface area (Å²) in [6, 6.07) is 6.55. The molecule has 0 saturated carbocycles. The van der Waals surface area contributed by atoms with Gasteiger partial charge in [-0.25, -0.2) is 8.42 Å². The van der Waals surface area contributed by atoms with Crippen molar-refractivity contribution in [2.75, 3.05) is 39.8 Å². The lowest BCUT2D eigenvalue weighted by Gasteiger charge is -2.33. The Kier molecular flexibility index (Phi) is 8.09. The van der Waals surface area contributed by atoms with E-state index >= 15 is 0 Å². The molecular formula is C19H30ClN3O3S. The predicted octanol–water partition coefficient (Wildman–Crippen LogP) is 2.35. The molecule has 0 aromatic heterocycles. The van der Waals surface area contributed by atoms with Crippen molar-refractivity contribution in [3.8, 4) is 0 Å². The van der Waals surface area contributed by atoms with E-state index in [4.69, 9.17) is 0 Å². The van der Waals surface area contributed by atoms with Gasteiger partial charge in [0.1, 0.15) is 0 Å². The summed E-state index contributed by atoms with van der Waals surface area (Å²) in [5.74, 6) is 0.388. The summed E-state index contributed by atoms with van der Waals surface area (Å²) in [5.41, 5.74) is 0.466. The van der Waals surface area contributed by atoms with E-state index in [9.17, 15) is 13.2 Å². The summed E-state index contributed by atoms with van der Waals surface area (Å²) >= 11 is 0. The molecule has 1 aromatic rings. The summed E-state index contributed by atoms with van der Waals surface area (Å²) in [6.45, 7) is 3.49. The van der Waals surface area contributed by atoms with E-state index in [2.05, 4.69) is 5.32 Å². The van der Waals surface area contributed by atoms with Gasteiger partial charge in [0.2, 0.25) is 10.0 Å². The van der Waals surface area contributed by atoms with Gasteiger partial charge in [0.25, 0.3) is 5.91 Å². The van der Waals surface area contributed by atoms with E-state index in [-0.39, 0.29) is 23.2 Å². The predicted molar refractivity (Wildman–Crippen MR) is 109 cm³/mol. The first kappa shape index (κ1) is 22.1. The number of likely N-dealkylation sites (tertiary alicyclic amines) is 1. The molecule has 2 heterocycles. The second-order valence-electron chi connectivity index (χ2n) is 7.31. The Labute approximate surface area is 168 Å². The van der Waals surface area contributed by atoms with Gasteiger partial charge in [0.15, 0.2) is 0 Å². The Morgan fingerprint density at radius 1 is 1.15 bits per heavy atom. The maximum Gasteiger partial charge on any atom is 0.253 e. The van der Waals surface area contributed by atoms with Gasteiger partial charge in [-0.15, -0.1) is 12.4 Å². The van der Waals surface area contributed by atoms with Crippen molar-refractivity contribution in [2.45, 2.75) is 37.0 Å². The molecule has 1 atom stereocenters. The Morgan fingerprint density at radius 2 is 1.89 bits per heavy atom. The summed E-state index contributed by atoms with van der Waals surface area (Å²) in [5, 5.41) is 3.18. The van der Waals surface area contributed by atoms with Crippen LogP contribution in [0.4, 0.5) is 0 Å². The molecule has 1 unspecified atom stereocenters. The summed E-state index contributed by atoms with van der Waals surface area (Å²) in [4.78, 5) is 15.0. The van der Waals surface area contributed by atoms with Crippen molar-refractivity contribution >= 4 is 28.3 Å². The molecular weight excluding hydrogens is 386 g/mol. The highest BCUT2D eigenvalue weighted by Gasteiger charge is 2.28. The first-order valence-electron chi connectivity index (χ1n) is 9.56. The minimum atomic E-state index is -3.52. The summed E-state index contributed by atoms with van der Waals surface area (Å²) in [6.07, 6.45) is 4.99. The fourth-order valence-electron chi connectivity index (χ4n) is 3.93. The number of rotatable bonds is 5. The molecule has 152 valence electrons. The van der Waals surface area contributed by atoms with Crippen LogP contribution >= 0.6 is 12.4 Å². The van der Waals surface area contributed by atoms with Crippen LogP contribution in [-0.2, 0) is 10.0 Å². The third-order valence-electron chi connectivity index (χ3n) is 5.33. The average Bonchev–Trinajstić information content (AvgIpc) is 2.69. The number of benzene rings is 1. The van der Waals surface area contributed by atoms with Crippen LogP contribution in [0.5, 0.6) is 0 Å². The van der Waals surface area contributed by atoms with Gasteiger partial charge in [0.05, 0.1) is 4.90 Å². The number of piperidine rings is 2. The van der Waals surface area contributed by atoms with Crippen molar-refractivity contribution in [1.82, 2.24) is 14.5 Å². The fraction of sp³-hybridized carbons (Fsp3) is 0.632. The molecule has 27 heavy (non-hydrogen) atoms. The van der Waals surface area contributed by atoms with Gasteiger partial charge in [-0.05, 0) is 63.4 Å². The molecule has 8 heteroatoms. The third-order valence-corrected chi connectivity index (χ3v) is 7.23. The Bertz CT molecular complexity index is 733. The van der Waals surface area contributed by atoms with Crippen LogP contribution in [0.1, 0.15) is 42.5 Å². The van der Waals surface area contributed by atoms with E-state index < -0.39 is 10.0 Å². The molecule has 2 aliphatic heterocycles. The van der Waals surface area contributed by atoms with Gasteiger partial charge in [-0.3, -0.25) is 4.79 Å². The number of carbonyl (C=O) groups excluding carboxylic acids is 1. The zero-order valence-electron chi connectivity index (χ0n) is 15.9. The van der Waals surface area contributed by atoms with Crippen LogP contribution in [0.2, 0.25) is 0 Å². The van der Waals surface area contributed by atoms with E-state index in [1.54, 1.807) is 28.6 Å². The first-order chi connectivity index (χ1) is 12.5. The van der Waals surface area contributed by atoms with Crippen molar-refractivity contribution in [3.63, 3.8) is 0 Å². The van der Waals surface area contributed by atoms with Gasteiger partial charge in [-0.1, -0.05) is 12.5 Å². The van der Waals surface area contributed by atoms with Crippen LogP contribution in [0.25, 0.3) is 0 Å². The minimum Gasteiger partial charge on any atom is -0.338 e. The summed E-state index contributed by atoms with van der Waals surface area (Å²) in [7, 11) is -1.59. The van der Waals surface area contributed by atoms with Crippen molar-refractivity contribution < 1.29 is 13.2 Å². The topological polar surface area (TPSA) is 69.7 Å². The average molecular weight is 416 g/mol. The summed E-state index contributed by atoms with van der Waals surface area (Å²) < 4.78 is 27.3. The van der Waals surface area contributed by atoms with Crippen LogP contribution in [0.3, 0.4) is 0 Å². The molecule has 2 saturated heterocycles. The smallest absolute Gasteiger partial charge is 0.253 e. The largest absolute Gasteiger partial charge is 0.338 e. The monoisotopic (exact) mass is 415 g/mol. The van der Waals surface area contributed by atoms with Crippen molar-refractivity contribution in [2.24, 2.45) is 5.92 Å². The molecule has 6 nitrogen and oxygen atoms in total. The fourth-order valence-corrected chi connectivity index (χ4v) is 5.49. The lowest BCUT2D eigenvalue weighted by Crippen LogP contribution is -2.42. The lowest BCUT2D eigenvalue weighted by molar-refractivity contribution is 0.0674. The SMILES string of the molecule is CNCC1CCCN(C(=O)c2cccc(S(=O)(=O)N3CCCCC3)c2)C1.Cl. The second kappa shape index (κ2) is 9.87. The van der Waals surface area contributed by atoms with Gasteiger partial charge < -0.3 is 10.2 Å². The van der Waals surface area contributed by atoms with Gasteiger partial charge in [0, 0.05) is 31.7 Å². The maximum absolute atomic E-state index is 12.9. The van der Waals surface area contributed by atoms with E-state index in [1.165, 1.54) is 0 Å². The number of amides is 1.